The molecule has 7 heteroatoms. The Kier molecular flexibility index (Phi) is 4.98. The van der Waals surface area contributed by atoms with Gasteiger partial charge in [-0.15, -0.1) is 0 Å². The van der Waals surface area contributed by atoms with Gasteiger partial charge in [-0.25, -0.2) is 18.1 Å². The van der Waals surface area contributed by atoms with Gasteiger partial charge < -0.3 is 9.73 Å². The molecule has 0 spiro atoms. The van der Waals surface area contributed by atoms with Gasteiger partial charge in [0.1, 0.15) is 16.5 Å². The average molecular weight is 309 g/mol. The zero-order valence-corrected chi connectivity index (χ0v) is 12.9. The van der Waals surface area contributed by atoms with Crippen molar-refractivity contribution in [3.8, 4) is 0 Å². The molecule has 2 N–H and O–H groups in total. The lowest BCUT2D eigenvalue weighted by molar-refractivity contribution is 0.479. The second-order valence-corrected chi connectivity index (χ2v) is 6.37. The number of aromatic nitrogens is 1. The van der Waals surface area contributed by atoms with Crippen molar-refractivity contribution in [1.29, 1.82) is 0 Å². The van der Waals surface area contributed by atoms with Crippen LogP contribution in [0, 0.1) is 0 Å². The molecule has 0 amide bonds. The lowest BCUT2D eigenvalue weighted by Crippen LogP contribution is -2.34. The van der Waals surface area contributed by atoms with Crippen LogP contribution in [0.3, 0.4) is 0 Å². The average Bonchev–Trinajstić information content (AvgIpc) is 2.91. The quantitative estimate of drug-likeness (QED) is 0.817. The number of pyridine rings is 1. The predicted octanol–water partition coefficient (Wildman–Crippen LogP) is 2.02. The minimum absolute atomic E-state index is 0.151. The Bertz CT molecular complexity index is 669. The molecule has 21 heavy (non-hydrogen) atoms. The van der Waals surface area contributed by atoms with Gasteiger partial charge in [0.05, 0.1) is 6.26 Å². The van der Waals surface area contributed by atoms with Crippen molar-refractivity contribution in [2.45, 2.75) is 31.2 Å². The van der Waals surface area contributed by atoms with E-state index in [1.807, 2.05) is 13.0 Å². The number of furan rings is 1. The van der Waals surface area contributed by atoms with Gasteiger partial charge in [0.15, 0.2) is 0 Å². The summed E-state index contributed by atoms with van der Waals surface area (Å²) in [6, 6.07) is 6.45. The lowest BCUT2D eigenvalue weighted by atomic mass is 10.2. The second-order valence-electron chi connectivity index (χ2n) is 4.69. The van der Waals surface area contributed by atoms with Crippen LogP contribution in [0.2, 0.25) is 0 Å². The van der Waals surface area contributed by atoms with Crippen LogP contribution < -0.4 is 10.0 Å². The van der Waals surface area contributed by atoms with Crippen molar-refractivity contribution >= 4 is 15.8 Å². The van der Waals surface area contributed by atoms with E-state index in [0.29, 0.717) is 18.8 Å². The summed E-state index contributed by atoms with van der Waals surface area (Å²) in [5.41, 5.74) is 0. The maximum atomic E-state index is 12.4. The number of rotatable bonds is 7. The fourth-order valence-electron chi connectivity index (χ4n) is 2.01. The predicted molar refractivity (Wildman–Crippen MR) is 80.6 cm³/mol. The maximum Gasteiger partial charge on any atom is 0.244 e. The molecule has 1 atom stereocenters. The topological polar surface area (TPSA) is 84.2 Å². The Balaban J connectivity index is 2.14. The summed E-state index contributed by atoms with van der Waals surface area (Å²) in [4.78, 5) is 4.22. The number of hydrogen-bond acceptors (Lipinski definition) is 5. The van der Waals surface area contributed by atoms with Crippen molar-refractivity contribution in [3.05, 3.63) is 42.5 Å². The highest BCUT2D eigenvalue weighted by Crippen LogP contribution is 2.18. The first kappa shape index (κ1) is 15.5. The first-order valence-corrected chi connectivity index (χ1v) is 8.25. The van der Waals surface area contributed by atoms with Gasteiger partial charge in [-0.1, -0.05) is 0 Å². The molecule has 0 aliphatic heterocycles. The zero-order valence-electron chi connectivity index (χ0n) is 12.0. The standard InChI is InChI=1S/C14H19N3O3S/c1-3-15-14-13(7-4-8-16-14)21(18,19)17-11(2)10-12-6-5-9-20-12/h4-9,11,17H,3,10H2,1-2H3,(H,15,16). The number of hydrogen-bond donors (Lipinski definition) is 2. The van der Waals surface area contributed by atoms with E-state index < -0.39 is 10.0 Å². The van der Waals surface area contributed by atoms with Crippen molar-refractivity contribution in [1.82, 2.24) is 9.71 Å². The molecule has 0 saturated carbocycles. The maximum absolute atomic E-state index is 12.4. The minimum atomic E-state index is -3.63. The summed E-state index contributed by atoms with van der Waals surface area (Å²) in [5, 5.41) is 2.95. The Hall–Kier alpha value is -1.86. The monoisotopic (exact) mass is 309 g/mol. The van der Waals surface area contributed by atoms with Gasteiger partial charge in [0.2, 0.25) is 10.0 Å². The van der Waals surface area contributed by atoms with E-state index in [2.05, 4.69) is 15.0 Å². The molecule has 0 aliphatic carbocycles. The van der Waals surface area contributed by atoms with E-state index in [9.17, 15) is 8.42 Å². The number of nitrogens with zero attached hydrogens (tertiary/aromatic N) is 1. The van der Waals surface area contributed by atoms with Gasteiger partial charge in [-0.2, -0.15) is 0 Å². The van der Waals surface area contributed by atoms with Crippen LogP contribution in [0.5, 0.6) is 0 Å². The SMILES string of the molecule is CCNc1ncccc1S(=O)(=O)NC(C)Cc1ccco1. The highest BCUT2D eigenvalue weighted by molar-refractivity contribution is 7.89. The Morgan fingerprint density at radius 2 is 2.14 bits per heavy atom. The van der Waals surface area contributed by atoms with Crippen LogP contribution in [0.25, 0.3) is 0 Å². The fraction of sp³-hybridized carbons (Fsp3) is 0.357. The third kappa shape index (κ3) is 4.05. The smallest absolute Gasteiger partial charge is 0.244 e. The first-order chi connectivity index (χ1) is 10.0. The summed E-state index contributed by atoms with van der Waals surface area (Å²) in [5.74, 6) is 1.10. The highest BCUT2D eigenvalue weighted by Gasteiger charge is 2.21. The van der Waals surface area contributed by atoms with Crippen molar-refractivity contribution in [2.75, 3.05) is 11.9 Å². The minimum Gasteiger partial charge on any atom is -0.469 e. The molecule has 0 aliphatic rings. The van der Waals surface area contributed by atoms with Gasteiger partial charge in [-0.05, 0) is 38.1 Å². The Morgan fingerprint density at radius 3 is 2.81 bits per heavy atom. The molecular weight excluding hydrogens is 290 g/mol. The fourth-order valence-corrected chi connectivity index (χ4v) is 3.39. The molecule has 0 saturated heterocycles. The number of nitrogens with one attached hydrogen (secondary N) is 2. The molecule has 0 fully saturated rings. The van der Waals surface area contributed by atoms with Crippen LogP contribution in [-0.4, -0.2) is 26.0 Å². The molecule has 2 rings (SSSR count). The summed E-state index contributed by atoms with van der Waals surface area (Å²) >= 11 is 0. The van der Waals surface area contributed by atoms with E-state index in [1.54, 1.807) is 31.5 Å². The van der Waals surface area contributed by atoms with E-state index in [4.69, 9.17) is 4.42 Å². The third-order valence-electron chi connectivity index (χ3n) is 2.85. The molecule has 6 nitrogen and oxygen atoms in total. The molecule has 0 aromatic carbocycles. The van der Waals surface area contributed by atoms with Gasteiger partial charge in [-0.3, -0.25) is 0 Å². The third-order valence-corrected chi connectivity index (χ3v) is 4.47. The first-order valence-electron chi connectivity index (χ1n) is 6.76. The van der Waals surface area contributed by atoms with Crippen molar-refractivity contribution in [3.63, 3.8) is 0 Å². The van der Waals surface area contributed by atoms with E-state index in [-0.39, 0.29) is 10.9 Å². The van der Waals surface area contributed by atoms with Gasteiger partial charge in [0.25, 0.3) is 0 Å². The second kappa shape index (κ2) is 6.73. The van der Waals surface area contributed by atoms with Crippen LogP contribution >= 0.6 is 0 Å². The molecule has 114 valence electrons. The van der Waals surface area contributed by atoms with Crippen molar-refractivity contribution < 1.29 is 12.8 Å². The highest BCUT2D eigenvalue weighted by atomic mass is 32.2. The molecule has 2 aromatic rings. The van der Waals surface area contributed by atoms with Crippen molar-refractivity contribution in [2.24, 2.45) is 0 Å². The summed E-state index contributed by atoms with van der Waals surface area (Å²) in [6.45, 7) is 4.28. The number of anilines is 1. The van der Waals surface area contributed by atoms with E-state index in [1.165, 1.54) is 6.07 Å². The van der Waals surface area contributed by atoms with Crippen LogP contribution in [-0.2, 0) is 16.4 Å². The summed E-state index contributed by atoms with van der Waals surface area (Å²) in [7, 11) is -3.63. The zero-order chi connectivity index (χ0) is 15.3. The molecular formula is C14H19N3O3S. The van der Waals surface area contributed by atoms with Crippen LogP contribution in [0.15, 0.2) is 46.0 Å². The van der Waals surface area contributed by atoms with Crippen LogP contribution in [0.1, 0.15) is 19.6 Å². The van der Waals surface area contributed by atoms with Gasteiger partial charge >= 0.3 is 0 Å². The van der Waals surface area contributed by atoms with E-state index >= 15 is 0 Å². The molecule has 1 unspecified atom stereocenters. The Labute approximate surface area is 124 Å². The molecule has 0 radical (unpaired) electrons. The summed E-state index contributed by atoms with van der Waals surface area (Å²) < 4.78 is 32.8. The summed E-state index contributed by atoms with van der Waals surface area (Å²) in [6.07, 6.45) is 3.62. The number of sulfonamides is 1. The molecule has 0 bridgehead atoms. The Morgan fingerprint density at radius 1 is 1.33 bits per heavy atom. The van der Waals surface area contributed by atoms with Gasteiger partial charge in [0, 0.05) is 25.2 Å². The molecule has 2 heterocycles. The normalized spacial score (nSPS) is 13.0. The molecule has 2 aromatic heterocycles. The van der Waals surface area contributed by atoms with Crippen LogP contribution in [0.4, 0.5) is 5.82 Å². The lowest BCUT2D eigenvalue weighted by Gasteiger charge is -2.15. The largest absolute Gasteiger partial charge is 0.469 e. The van der Waals surface area contributed by atoms with E-state index in [0.717, 1.165) is 5.76 Å².